The molecule has 5 aromatic carbocycles. The number of nitrogens with one attached hydrogen (secondary N) is 2. The number of halogens is 5. The van der Waals surface area contributed by atoms with Crippen LogP contribution in [0.1, 0.15) is 25.3 Å². The summed E-state index contributed by atoms with van der Waals surface area (Å²) in [6, 6.07) is 24.9. The number of hydrogen-bond donors (Lipinski definition) is 2. The lowest BCUT2D eigenvalue weighted by atomic mass is 10.1. The van der Waals surface area contributed by atoms with Gasteiger partial charge in [0.2, 0.25) is 0 Å². The lowest BCUT2D eigenvalue weighted by molar-refractivity contribution is 0.648. The first-order valence-electron chi connectivity index (χ1n) is 15.6. The average Bonchev–Trinajstić information content (AvgIpc) is 3.10. The first-order chi connectivity index (χ1) is 23.9. The van der Waals surface area contributed by atoms with Gasteiger partial charge in [-0.1, -0.05) is 64.1 Å². The molecule has 7 nitrogen and oxygen atoms in total. The zero-order valence-electron chi connectivity index (χ0n) is 27.0. The normalized spacial score (nSPS) is 12.5. The largest absolute Gasteiger partial charge is 0.380 e. The van der Waals surface area contributed by atoms with Gasteiger partial charge in [-0.05, 0) is 123 Å². The Morgan fingerprint density at radius 3 is 1.90 bits per heavy atom. The van der Waals surface area contributed by atoms with E-state index in [1.54, 1.807) is 54.6 Å². The van der Waals surface area contributed by atoms with Crippen LogP contribution < -0.4 is 30.1 Å². The summed E-state index contributed by atoms with van der Waals surface area (Å²) >= 11 is 32.8. The molecular formula is C36H33Cl5N4O3S2. The van der Waals surface area contributed by atoms with E-state index < -0.39 is 21.8 Å². The minimum absolute atomic E-state index is 0.247. The Hall–Kier alpha value is -2.89. The second kappa shape index (κ2) is 17.6. The van der Waals surface area contributed by atoms with E-state index in [1.807, 2.05) is 52.8 Å². The van der Waals surface area contributed by atoms with Crippen molar-refractivity contribution in [3.63, 3.8) is 0 Å². The van der Waals surface area contributed by atoms with E-state index in [-0.39, 0.29) is 17.4 Å². The van der Waals surface area contributed by atoms with Gasteiger partial charge in [-0.15, -0.1) is 0 Å². The molecule has 1 unspecified atom stereocenters. The highest BCUT2D eigenvalue weighted by Gasteiger charge is 2.26. The first-order valence-corrected chi connectivity index (χ1v) is 19.4. The maximum absolute atomic E-state index is 13.9. The van der Waals surface area contributed by atoms with Crippen molar-refractivity contribution in [2.45, 2.75) is 42.5 Å². The number of aryl methyl sites for hydroxylation is 1. The number of hydrogen-bond acceptors (Lipinski definition) is 7. The summed E-state index contributed by atoms with van der Waals surface area (Å²) in [4.78, 5) is 26.7. The highest BCUT2D eigenvalue weighted by molar-refractivity contribution is 8.00. The monoisotopic (exact) mass is 808 g/mol. The molecule has 5 aromatic rings. The molecule has 2 N–H and O–H groups in total. The van der Waals surface area contributed by atoms with Gasteiger partial charge in [-0.25, -0.2) is 4.21 Å². The molecule has 0 saturated heterocycles. The van der Waals surface area contributed by atoms with Gasteiger partial charge in [0.15, 0.2) is 11.0 Å². The Morgan fingerprint density at radius 2 is 1.26 bits per heavy atom. The molecule has 0 amide bonds. The molecule has 0 fully saturated rings. The fraction of sp³-hybridized carbons (Fsp3) is 0.222. The van der Waals surface area contributed by atoms with E-state index in [9.17, 15) is 13.8 Å². The van der Waals surface area contributed by atoms with E-state index >= 15 is 0 Å². The highest BCUT2D eigenvalue weighted by Crippen LogP contribution is 2.36. The van der Waals surface area contributed by atoms with Crippen LogP contribution in [0.2, 0.25) is 25.1 Å². The van der Waals surface area contributed by atoms with Crippen molar-refractivity contribution in [1.82, 2.24) is 0 Å². The van der Waals surface area contributed by atoms with Crippen LogP contribution in [0.25, 0.3) is 0 Å². The summed E-state index contributed by atoms with van der Waals surface area (Å²) in [7, 11) is -1.58. The molecule has 0 bridgehead atoms. The van der Waals surface area contributed by atoms with Crippen molar-refractivity contribution in [2.75, 3.05) is 38.9 Å². The fourth-order valence-electron chi connectivity index (χ4n) is 5.18. The standard InChI is InChI=1S/C36H33Cl5N4O3S2/c1-22-4-5-26(39)20-31(22)45(50(48)29-13-8-25(38)9-14-29)23(2)16-18-43-34-33(35(46)36(34)47)42-17-3-19-44(32-21-27(40)10-15-30(32)41)49-28-11-6-24(37)7-12-28/h4-15,20-21,23,42-43H,3,16-19H2,1-2H3/t23-,50?/m1/s1. The van der Waals surface area contributed by atoms with Crippen molar-refractivity contribution >= 4 is 104 Å². The SMILES string of the molecule is Cc1ccc(Cl)cc1N([C@H](C)CCNc1c(NCCCN(Sc2ccc(Cl)cc2)c2cc(Cl)ccc2Cl)c(=O)c1=O)S(=O)c1ccc(Cl)cc1. The van der Waals surface area contributed by atoms with Crippen LogP contribution in [0.5, 0.6) is 0 Å². The third-order valence-electron chi connectivity index (χ3n) is 7.82. The van der Waals surface area contributed by atoms with Gasteiger partial charge in [0.05, 0.1) is 21.3 Å². The van der Waals surface area contributed by atoms with E-state index in [1.165, 1.54) is 11.9 Å². The number of benzene rings is 4. The van der Waals surface area contributed by atoms with Crippen molar-refractivity contribution < 1.29 is 4.21 Å². The molecule has 0 aliphatic heterocycles. The summed E-state index contributed by atoms with van der Waals surface area (Å²) < 4.78 is 17.7. The van der Waals surface area contributed by atoms with Gasteiger partial charge in [-0.3, -0.25) is 13.9 Å². The zero-order valence-corrected chi connectivity index (χ0v) is 32.4. The van der Waals surface area contributed by atoms with Crippen molar-refractivity contribution in [3.05, 3.63) is 136 Å². The van der Waals surface area contributed by atoms with Crippen molar-refractivity contribution in [3.8, 4) is 0 Å². The van der Waals surface area contributed by atoms with Gasteiger partial charge in [0.1, 0.15) is 11.4 Å². The van der Waals surface area contributed by atoms with E-state index in [0.29, 0.717) is 62.5 Å². The van der Waals surface area contributed by atoms with E-state index in [2.05, 4.69) is 10.6 Å². The molecule has 2 atom stereocenters. The van der Waals surface area contributed by atoms with Gasteiger partial charge in [0, 0.05) is 50.7 Å². The minimum Gasteiger partial charge on any atom is -0.380 e. The fourth-order valence-corrected chi connectivity index (χ4v) is 8.42. The average molecular weight is 811 g/mol. The highest BCUT2D eigenvalue weighted by atomic mass is 35.5. The van der Waals surface area contributed by atoms with Gasteiger partial charge in [0.25, 0.3) is 10.9 Å². The second-order valence-corrected chi connectivity index (χ2v) is 16.1. The van der Waals surface area contributed by atoms with Crippen LogP contribution in [-0.2, 0) is 11.0 Å². The summed E-state index contributed by atoms with van der Waals surface area (Å²) in [6.07, 6.45) is 1.12. The lowest BCUT2D eigenvalue weighted by Crippen LogP contribution is -2.40. The van der Waals surface area contributed by atoms with E-state index in [4.69, 9.17) is 58.0 Å². The van der Waals surface area contributed by atoms with Crippen LogP contribution >= 0.6 is 70.0 Å². The Balaban J connectivity index is 1.22. The Bertz CT molecular complexity index is 2040. The predicted molar refractivity (Wildman–Crippen MR) is 215 cm³/mol. The van der Waals surface area contributed by atoms with Crippen molar-refractivity contribution in [1.29, 1.82) is 0 Å². The number of anilines is 4. The molecule has 0 aliphatic rings. The number of rotatable bonds is 16. The molecule has 0 radical (unpaired) electrons. The summed E-state index contributed by atoms with van der Waals surface area (Å²) in [5.74, 6) is 0. The quantitative estimate of drug-likeness (QED) is 0.0584. The van der Waals surface area contributed by atoms with Crippen LogP contribution in [0.3, 0.4) is 0 Å². The van der Waals surface area contributed by atoms with Crippen LogP contribution in [0.15, 0.2) is 104 Å². The third-order valence-corrected chi connectivity index (χ3v) is 11.8. The Morgan fingerprint density at radius 1 is 0.720 bits per heavy atom. The lowest BCUT2D eigenvalue weighted by Gasteiger charge is -2.31. The van der Waals surface area contributed by atoms with Crippen LogP contribution in [0.4, 0.5) is 22.7 Å². The molecule has 5 rings (SSSR count). The maximum atomic E-state index is 13.9. The maximum Gasteiger partial charge on any atom is 0.253 e. The molecule has 262 valence electrons. The molecule has 14 heteroatoms. The molecule has 0 spiro atoms. The second-order valence-electron chi connectivity index (χ2n) is 11.5. The van der Waals surface area contributed by atoms with E-state index in [0.717, 1.165) is 21.8 Å². The summed E-state index contributed by atoms with van der Waals surface area (Å²) in [5, 5.41) is 9.11. The summed E-state index contributed by atoms with van der Waals surface area (Å²) in [6.45, 7) is 5.22. The molecular weight excluding hydrogens is 778 g/mol. The molecule has 0 aliphatic carbocycles. The number of nitrogens with zero attached hydrogens (tertiary/aromatic N) is 2. The third kappa shape index (κ3) is 9.50. The molecule has 0 saturated carbocycles. The van der Waals surface area contributed by atoms with Crippen molar-refractivity contribution in [2.24, 2.45) is 0 Å². The summed E-state index contributed by atoms with van der Waals surface area (Å²) in [5.41, 5.74) is 1.77. The smallest absolute Gasteiger partial charge is 0.253 e. The molecule has 50 heavy (non-hydrogen) atoms. The van der Waals surface area contributed by atoms with Gasteiger partial charge >= 0.3 is 0 Å². The topological polar surface area (TPSA) is 81.8 Å². The van der Waals surface area contributed by atoms with Gasteiger partial charge < -0.3 is 14.9 Å². The zero-order chi connectivity index (χ0) is 35.9. The van der Waals surface area contributed by atoms with Crippen LogP contribution in [-0.4, -0.2) is 29.9 Å². The first kappa shape index (κ1) is 38.3. The van der Waals surface area contributed by atoms with Gasteiger partial charge in [-0.2, -0.15) is 0 Å². The Labute approximate surface area is 323 Å². The van der Waals surface area contributed by atoms with Crippen LogP contribution in [0, 0.1) is 6.92 Å². The molecule has 0 heterocycles. The minimum atomic E-state index is -1.58. The Kier molecular flexibility index (Phi) is 13.5. The molecule has 0 aromatic heterocycles. The predicted octanol–water partition coefficient (Wildman–Crippen LogP) is 10.3.